The number of thioether (sulfide) groups is 2. The van der Waals surface area contributed by atoms with Crippen LogP contribution in [0.3, 0.4) is 0 Å². The Kier molecular flexibility index (Phi) is 7.45. The summed E-state index contributed by atoms with van der Waals surface area (Å²) in [5, 5.41) is 5.17. The summed E-state index contributed by atoms with van der Waals surface area (Å²) in [6.45, 7) is 2.01. The molecule has 2 aromatic heterocycles. The fourth-order valence-corrected chi connectivity index (χ4v) is 6.46. The van der Waals surface area contributed by atoms with Crippen LogP contribution in [0.15, 0.2) is 67.6 Å². The van der Waals surface area contributed by atoms with Crippen LogP contribution >= 0.6 is 34.9 Å². The van der Waals surface area contributed by atoms with Crippen LogP contribution < -0.4 is 5.32 Å². The molecule has 11 heteroatoms. The number of hydrogen-bond donors (Lipinski definition) is 1. The van der Waals surface area contributed by atoms with Gasteiger partial charge in [-0.05, 0) is 48.5 Å². The Morgan fingerprint density at radius 3 is 2.73 bits per heavy atom. The van der Waals surface area contributed by atoms with Gasteiger partial charge in [0.15, 0.2) is 5.76 Å². The van der Waals surface area contributed by atoms with Crippen molar-refractivity contribution in [1.82, 2.24) is 15.2 Å². The predicted octanol–water partition coefficient (Wildman–Crippen LogP) is 6.10. The number of imide groups is 1. The van der Waals surface area contributed by atoms with E-state index in [0.717, 1.165) is 37.6 Å². The lowest BCUT2D eigenvalue weighted by Crippen LogP contribution is -2.37. The zero-order valence-electron chi connectivity index (χ0n) is 19.5. The van der Waals surface area contributed by atoms with E-state index in [1.165, 1.54) is 36.0 Å². The van der Waals surface area contributed by atoms with E-state index < -0.39 is 17.1 Å². The van der Waals surface area contributed by atoms with Gasteiger partial charge in [-0.3, -0.25) is 19.3 Å². The first-order valence-corrected chi connectivity index (χ1v) is 13.9. The molecule has 37 heavy (non-hydrogen) atoms. The molecule has 5 rings (SSSR count). The van der Waals surface area contributed by atoms with E-state index >= 15 is 0 Å². The molecule has 1 fully saturated rings. The van der Waals surface area contributed by atoms with E-state index in [1.54, 1.807) is 17.4 Å². The van der Waals surface area contributed by atoms with Crippen LogP contribution in [0.25, 0.3) is 17.0 Å². The number of aryl methyl sites for hydroxylation is 1. The number of halogens is 1. The lowest BCUT2D eigenvalue weighted by Gasteiger charge is -2.12. The standard InChI is InChI=1S/C26H20FN3O4S3/c1-15-13-35-25(29-15)36-14-19-18-4-2-3-5-20(18)34-22(19)23(31)28-10-11-30-24(32)21(37-26(30)33)12-16-6-8-17(27)9-7-16/h2-9,12-13H,10-11,14H2,1H3,(H,28,31)/b21-12-. The number of benzene rings is 2. The Morgan fingerprint density at radius 2 is 1.97 bits per heavy atom. The summed E-state index contributed by atoms with van der Waals surface area (Å²) in [4.78, 5) is 44.0. The van der Waals surface area contributed by atoms with Gasteiger partial charge in [0.25, 0.3) is 17.1 Å². The van der Waals surface area contributed by atoms with Crippen LogP contribution in [-0.2, 0) is 10.5 Å². The van der Waals surface area contributed by atoms with Crippen molar-refractivity contribution in [3.63, 3.8) is 0 Å². The fraction of sp³-hybridized carbons (Fsp3) is 0.154. The van der Waals surface area contributed by atoms with Crippen LogP contribution in [0.1, 0.15) is 27.4 Å². The van der Waals surface area contributed by atoms with E-state index in [2.05, 4.69) is 10.3 Å². The molecular weight excluding hydrogens is 534 g/mol. The molecule has 1 saturated heterocycles. The number of amides is 3. The zero-order valence-corrected chi connectivity index (χ0v) is 22.0. The predicted molar refractivity (Wildman–Crippen MR) is 144 cm³/mol. The third-order valence-corrected chi connectivity index (χ3v) is 8.58. The first-order valence-electron chi connectivity index (χ1n) is 11.2. The van der Waals surface area contributed by atoms with Crippen molar-refractivity contribution in [3.8, 4) is 0 Å². The number of nitrogens with zero attached hydrogens (tertiary/aromatic N) is 2. The van der Waals surface area contributed by atoms with Crippen molar-refractivity contribution in [1.29, 1.82) is 0 Å². The molecule has 0 atom stereocenters. The summed E-state index contributed by atoms with van der Waals surface area (Å²) in [6.07, 6.45) is 1.55. The van der Waals surface area contributed by atoms with Crippen molar-refractivity contribution in [2.45, 2.75) is 17.0 Å². The quantitative estimate of drug-likeness (QED) is 0.208. The maximum absolute atomic E-state index is 13.1. The molecule has 0 unspecified atom stereocenters. The molecular formula is C26H20FN3O4S3. The number of rotatable bonds is 8. The Labute approximate surface area is 224 Å². The number of para-hydroxylation sites is 1. The summed E-state index contributed by atoms with van der Waals surface area (Å²) in [6, 6.07) is 13.1. The normalized spacial score (nSPS) is 14.8. The third kappa shape index (κ3) is 5.63. The van der Waals surface area contributed by atoms with Crippen molar-refractivity contribution in [3.05, 3.63) is 87.2 Å². The third-order valence-electron chi connectivity index (χ3n) is 5.50. The topological polar surface area (TPSA) is 92.5 Å². The maximum atomic E-state index is 13.1. The Balaban J connectivity index is 1.25. The Morgan fingerprint density at radius 1 is 1.19 bits per heavy atom. The minimum Gasteiger partial charge on any atom is -0.451 e. The second kappa shape index (κ2) is 10.9. The van der Waals surface area contributed by atoms with E-state index in [9.17, 15) is 18.8 Å². The van der Waals surface area contributed by atoms with Gasteiger partial charge in [0.2, 0.25) is 0 Å². The van der Waals surface area contributed by atoms with Crippen LogP contribution in [0.4, 0.5) is 9.18 Å². The zero-order chi connectivity index (χ0) is 25.9. The summed E-state index contributed by atoms with van der Waals surface area (Å²) < 4.78 is 19.9. The smallest absolute Gasteiger partial charge is 0.293 e. The van der Waals surface area contributed by atoms with Gasteiger partial charge in [-0.15, -0.1) is 11.3 Å². The number of fused-ring (bicyclic) bond motifs is 1. The number of nitrogens with one attached hydrogen (secondary N) is 1. The molecule has 0 aliphatic carbocycles. The Hall–Kier alpha value is -3.41. The summed E-state index contributed by atoms with van der Waals surface area (Å²) >= 11 is 3.89. The summed E-state index contributed by atoms with van der Waals surface area (Å²) in [5.41, 5.74) is 2.93. The Bertz CT molecular complexity index is 1530. The molecule has 0 saturated carbocycles. The van der Waals surface area contributed by atoms with Crippen LogP contribution in [0, 0.1) is 12.7 Å². The largest absolute Gasteiger partial charge is 0.451 e. The molecule has 188 valence electrons. The van der Waals surface area contributed by atoms with Crippen molar-refractivity contribution in [2.24, 2.45) is 0 Å². The van der Waals surface area contributed by atoms with E-state index in [0.29, 0.717) is 16.9 Å². The van der Waals surface area contributed by atoms with Gasteiger partial charge >= 0.3 is 0 Å². The van der Waals surface area contributed by atoms with Gasteiger partial charge in [0.1, 0.15) is 15.7 Å². The lowest BCUT2D eigenvalue weighted by molar-refractivity contribution is -0.122. The average Bonchev–Trinajstić information content (AvgIpc) is 3.55. The van der Waals surface area contributed by atoms with Crippen LogP contribution in [0.2, 0.25) is 0 Å². The van der Waals surface area contributed by atoms with Gasteiger partial charge in [-0.2, -0.15) is 0 Å². The van der Waals surface area contributed by atoms with Crippen molar-refractivity contribution < 1.29 is 23.2 Å². The van der Waals surface area contributed by atoms with Crippen LogP contribution in [-0.4, -0.2) is 40.0 Å². The van der Waals surface area contributed by atoms with E-state index in [1.807, 2.05) is 36.6 Å². The van der Waals surface area contributed by atoms with Gasteiger partial charge in [0.05, 0.1) is 4.91 Å². The number of furan rings is 1. The lowest BCUT2D eigenvalue weighted by atomic mass is 10.1. The first-order chi connectivity index (χ1) is 17.9. The molecule has 3 amide bonds. The molecule has 0 radical (unpaired) electrons. The highest BCUT2D eigenvalue weighted by molar-refractivity contribution is 8.18. The first kappa shape index (κ1) is 25.2. The van der Waals surface area contributed by atoms with Gasteiger partial charge in [-0.1, -0.05) is 42.1 Å². The average molecular weight is 554 g/mol. The second-order valence-corrected chi connectivity index (χ2v) is 11.2. The SMILES string of the molecule is Cc1csc(SCc2c(C(=O)NCCN3C(=O)S/C(=C\c4ccc(F)cc4)C3=O)oc3ccccc23)n1. The van der Waals surface area contributed by atoms with Crippen molar-refractivity contribution in [2.75, 3.05) is 13.1 Å². The molecule has 0 spiro atoms. The van der Waals surface area contributed by atoms with E-state index in [-0.39, 0.29) is 29.6 Å². The number of aromatic nitrogens is 1. The van der Waals surface area contributed by atoms with Crippen molar-refractivity contribution >= 4 is 69.0 Å². The second-order valence-electron chi connectivity index (χ2n) is 8.09. The molecule has 1 aliphatic rings. The number of hydrogen-bond acceptors (Lipinski definition) is 8. The highest BCUT2D eigenvalue weighted by Gasteiger charge is 2.34. The number of thiazole rings is 1. The summed E-state index contributed by atoms with van der Waals surface area (Å²) in [7, 11) is 0. The number of carbonyl (C=O) groups is 3. The van der Waals surface area contributed by atoms with E-state index in [4.69, 9.17) is 4.42 Å². The summed E-state index contributed by atoms with van der Waals surface area (Å²) in [5.74, 6) is -0.550. The maximum Gasteiger partial charge on any atom is 0.293 e. The number of carbonyl (C=O) groups excluding carboxylic acids is 3. The molecule has 1 N–H and O–H groups in total. The highest BCUT2D eigenvalue weighted by Crippen LogP contribution is 2.34. The molecule has 4 aromatic rings. The highest BCUT2D eigenvalue weighted by atomic mass is 32.2. The minimum atomic E-state index is -0.451. The molecule has 1 aliphatic heterocycles. The molecule has 2 aromatic carbocycles. The van der Waals surface area contributed by atoms with Gasteiger partial charge in [-0.25, -0.2) is 9.37 Å². The molecule has 7 nitrogen and oxygen atoms in total. The van der Waals surface area contributed by atoms with Gasteiger partial charge in [0, 0.05) is 40.9 Å². The van der Waals surface area contributed by atoms with Crippen LogP contribution in [0.5, 0.6) is 0 Å². The molecule has 0 bridgehead atoms. The fourth-order valence-electron chi connectivity index (χ4n) is 3.72. The minimum absolute atomic E-state index is 0.0138. The monoisotopic (exact) mass is 553 g/mol. The van der Waals surface area contributed by atoms with Gasteiger partial charge < -0.3 is 9.73 Å². The molecule has 3 heterocycles.